The molecule has 4 amide bonds. The third-order valence-corrected chi connectivity index (χ3v) is 3.35. The molecule has 1 saturated heterocycles. The van der Waals surface area contributed by atoms with Crippen LogP contribution in [0.15, 0.2) is 24.3 Å². The fourth-order valence-corrected chi connectivity index (χ4v) is 2.17. The van der Waals surface area contributed by atoms with E-state index in [9.17, 15) is 19.2 Å². The van der Waals surface area contributed by atoms with Crippen LogP contribution in [0.2, 0.25) is 0 Å². The first kappa shape index (κ1) is 17.4. The second-order valence-electron chi connectivity index (χ2n) is 5.12. The maximum atomic E-state index is 11.9. The van der Waals surface area contributed by atoms with Crippen LogP contribution in [0.5, 0.6) is 0 Å². The lowest BCUT2D eigenvalue weighted by molar-refractivity contribution is -0.147. The van der Waals surface area contributed by atoms with Crippen molar-refractivity contribution in [3.8, 4) is 0 Å². The van der Waals surface area contributed by atoms with Crippen LogP contribution in [-0.4, -0.2) is 36.5 Å². The summed E-state index contributed by atoms with van der Waals surface area (Å²) in [6.45, 7) is 1.75. The molecule has 2 atom stereocenters. The van der Waals surface area contributed by atoms with E-state index in [1.807, 2.05) is 0 Å². The number of urea groups is 1. The highest BCUT2D eigenvalue weighted by atomic mass is 16.5. The summed E-state index contributed by atoms with van der Waals surface area (Å²) in [4.78, 5) is 45.9. The van der Waals surface area contributed by atoms with Crippen LogP contribution in [0.1, 0.15) is 24.9 Å². The smallest absolute Gasteiger partial charge is 0.332 e. The zero-order valence-corrected chi connectivity index (χ0v) is 13.0. The Morgan fingerprint density at radius 2 is 2.00 bits per heavy atom. The summed E-state index contributed by atoms with van der Waals surface area (Å²) >= 11 is 0. The molecular formula is C15H18N4O5. The maximum Gasteiger partial charge on any atom is 0.332 e. The second-order valence-corrected chi connectivity index (χ2v) is 5.12. The van der Waals surface area contributed by atoms with Crippen molar-refractivity contribution in [2.45, 2.75) is 25.4 Å². The van der Waals surface area contributed by atoms with Gasteiger partial charge in [-0.15, -0.1) is 0 Å². The number of hydrogen-bond donors (Lipinski definition) is 4. The minimum absolute atomic E-state index is 0.130. The molecule has 1 fully saturated rings. The van der Waals surface area contributed by atoms with Gasteiger partial charge in [0, 0.05) is 5.69 Å². The molecule has 0 saturated carbocycles. The number of nitrogens with two attached hydrogens (primary N) is 1. The van der Waals surface area contributed by atoms with E-state index in [4.69, 9.17) is 5.73 Å². The quantitative estimate of drug-likeness (QED) is 0.434. The number of ether oxygens (including phenoxy) is 1. The number of rotatable bonds is 5. The number of carbonyl (C=O) groups excluding carboxylic acids is 4. The van der Waals surface area contributed by atoms with E-state index in [0.29, 0.717) is 11.3 Å². The lowest BCUT2D eigenvalue weighted by atomic mass is 10.0. The first-order chi connectivity index (χ1) is 11.4. The van der Waals surface area contributed by atoms with Crippen molar-refractivity contribution in [3.05, 3.63) is 29.8 Å². The number of benzene rings is 1. The molecule has 0 spiro atoms. The van der Waals surface area contributed by atoms with Gasteiger partial charge in [0.25, 0.3) is 5.91 Å². The van der Waals surface area contributed by atoms with Crippen LogP contribution in [0, 0.1) is 0 Å². The largest absolute Gasteiger partial charge is 0.464 e. The van der Waals surface area contributed by atoms with Gasteiger partial charge in [-0.1, -0.05) is 12.1 Å². The van der Waals surface area contributed by atoms with E-state index < -0.39 is 30.0 Å². The molecule has 128 valence electrons. The third kappa shape index (κ3) is 4.29. The predicted octanol–water partition coefficient (Wildman–Crippen LogP) is -0.214. The molecule has 1 aliphatic rings. The summed E-state index contributed by atoms with van der Waals surface area (Å²) in [6.07, 6.45) is 0.130. The molecule has 1 heterocycles. The summed E-state index contributed by atoms with van der Waals surface area (Å²) in [6, 6.07) is 4.11. The Balaban J connectivity index is 1.99. The zero-order valence-electron chi connectivity index (χ0n) is 13.0. The van der Waals surface area contributed by atoms with Crippen LogP contribution in [-0.2, 0) is 19.1 Å². The van der Waals surface area contributed by atoms with E-state index in [1.54, 1.807) is 31.2 Å². The predicted molar refractivity (Wildman–Crippen MR) is 83.7 cm³/mol. The number of anilines is 1. The summed E-state index contributed by atoms with van der Waals surface area (Å²) in [5.74, 6) is -1.85. The minimum Gasteiger partial charge on any atom is -0.464 e. The molecule has 5 N–H and O–H groups in total. The minimum atomic E-state index is -1.41. The van der Waals surface area contributed by atoms with Crippen LogP contribution in [0.25, 0.3) is 0 Å². The average molecular weight is 334 g/mol. The van der Waals surface area contributed by atoms with E-state index in [1.165, 1.54) is 0 Å². The van der Waals surface area contributed by atoms with Gasteiger partial charge in [-0.05, 0) is 24.6 Å². The van der Waals surface area contributed by atoms with Gasteiger partial charge in [0.05, 0.1) is 19.1 Å². The molecule has 1 aliphatic heterocycles. The summed E-state index contributed by atoms with van der Waals surface area (Å²) in [7, 11) is 0. The van der Waals surface area contributed by atoms with Gasteiger partial charge in [-0.3, -0.25) is 14.9 Å². The maximum absolute atomic E-state index is 11.9. The highest BCUT2D eigenvalue weighted by Gasteiger charge is 2.26. The fourth-order valence-electron chi connectivity index (χ4n) is 2.17. The van der Waals surface area contributed by atoms with Crippen LogP contribution in [0.3, 0.4) is 0 Å². The summed E-state index contributed by atoms with van der Waals surface area (Å²) in [5.41, 5.74) is 6.63. The molecule has 2 unspecified atom stereocenters. The summed E-state index contributed by atoms with van der Waals surface area (Å²) < 4.78 is 4.68. The number of carbonyl (C=O) groups is 4. The lowest BCUT2D eigenvalue weighted by Gasteiger charge is -2.23. The van der Waals surface area contributed by atoms with Gasteiger partial charge < -0.3 is 21.1 Å². The number of amides is 4. The molecular weight excluding hydrogens is 316 g/mol. The van der Waals surface area contributed by atoms with Crippen molar-refractivity contribution in [1.82, 2.24) is 10.6 Å². The third-order valence-electron chi connectivity index (χ3n) is 3.35. The Morgan fingerprint density at radius 3 is 2.58 bits per heavy atom. The van der Waals surface area contributed by atoms with Crippen LogP contribution in [0.4, 0.5) is 10.5 Å². The number of esters is 1. The molecule has 0 radical (unpaired) electrons. The van der Waals surface area contributed by atoms with Crippen LogP contribution >= 0.6 is 0 Å². The van der Waals surface area contributed by atoms with E-state index in [0.717, 1.165) is 0 Å². The molecule has 1 aromatic carbocycles. The first-order valence-electron chi connectivity index (χ1n) is 7.34. The van der Waals surface area contributed by atoms with Crippen molar-refractivity contribution in [2.24, 2.45) is 5.73 Å². The van der Waals surface area contributed by atoms with Crippen molar-refractivity contribution in [3.63, 3.8) is 0 Å². The Labute approximate surface area is 137 Å². The monoisotopic (exact) mass is 334 g/mol. The molecule has 0 bridgehead atoms. The molecule has 0 aliphatic carbocycles. The number of hydrogen-bond acceptors (Lipinski definition) is 6. The van der Waals surface area contributed by atoms with Crippen molar-refractivity contribution < 1.29 is 23.9 Å². The van der Waals surface area contributed by atoms with Crippen molar-refractivity contribution in [2.75, 3.05) is 11.9 Å². The van der Waals surface area contributed by atoms with Gasteiger partial charge in [-0.2, -0.15) is 0 Å². The number of imide groups is 1. The van der Waals surface area contributed by atoms with Gasteiger partial charge in [0.2, 0.25) is 5.91 Å². The van der Waals surface area contributed by atoms with E-state index in [2.05, 4.69) is 20.7 Å². The summed E-state index contributed by atoms with van der Waals surface area (Å²) in [5, 5.41) is 7.27. The average Bonchev–Trinajstić information content (AvgIpc) is 2.54. The molecule has 0 aromatic heterocycles. The topological polar surface area (TPSA) is 140 Å². The molecule has 9 nitrogen and oxygen atoms in total. The van der Waals surface area contributed by atoms with Crippen molar-refractivity contribution in [1.29, 1.82) is 0 Å². The molecule has 2 rings (SSSR count). The SMILES string of the molecule is CCOC(=O)C(N)C(=O)Nc1ccc(C2CC(=O)NC(=O)N2)cc1. The lowest BCUT2D eigenvalue weighted by Crippen LogP contribution is -2.48. The standard InChI is InChI=1S/C15H18N4O5/c1-2-24-14(22)12(16)13(21)17-9-5-3-8(4-6-9)10-7-11(20)19-15(23)18-10/h3-6,10,12H,2,7,16H2,1H3,(H,17,21)(H2,18,19,20,23). The Hall–Kier alpha value is -2.94. The molecule has 1 aromatic rings. The number of nitrogens with one attached hydrogen (secondary N) is 3. The Kier molecular flexibility index (Phi) is 5.48. The van der Waals surface area contributed by atoms with E-state index >= 15 is 0 Å². The highest BCUT2D eigenvalue weighted by Crippen LogP contribution is 2.21. The van der Waals surface area contributed by atoms with Crippen molar-refractivity contribution >= 4 is 29.5 Å². The van der Waals surface area contributed by atoms with Gasteiger partial charge in [-0.25, -0.2) is 9.59 Å². The second kappa shape index (κ2) is 7.55. The molecule has 24 heavy (non-hydrogen) atoms. The normalized spacial score (nSPS) is 18.2. The van der Waals surface area contributed by atoms with Gasteiger partial charge >= 0.3 is 12.0 Å². The Morgan fingerprint density at radius 1 is 1.33 bits per heavy atom. The highest BCUT2D eigenvalue weighted by molar-refractivity contribution is 6.08. The van der Waals surface area contributed by atoms with E-state index in [-0.39, 0.29) is 18.9 Å². The molecule has 9 heteroatoms. The fraction of sp³-hybridized carbons (Fsp3) is 0.333. The zero-order chi connectivity index (χ0) is 17.7. The Bertz CT molecular complexity index is 642. The first-order valence-corrected chi connectivity index (χ1v) is 7.34. The van der Waals surface area contributed by atoms with Gasteiger partial charge in [0.1, 0.15) is 0 Å². The van der Waals surface area contributed by atoms with Gasteiger partial charge in [0.15, 0.2) is 6.04 Å². The van der Waals surface area contributed by atoms with Crippen LogP contribution < -0.4 is 21.7 Å².